The zero-order valence-corrected chi connectivity index (χ0v) is 16.6. The van der Waals surface area contributed by atoms with Crippen molar-refractivity contribution in [2.45, 2.75) is 51.6 Å². The van der Waals surface area contributed by atoms with Crippen molar-refractivity contribution in [2.75, 3.05) is 6.54 Å². The third kappa shape index (κ3) is 4.39. The van der Waals surface area contributed by atoms with E-state index in [-0.39, 0.29) is 24.3 Å². The van der Waals surface area contributed by atoms with Crippen molar-refractivity contribution in [2.24, 2.45) is 0 Å². The van der Waals surface area contributed by atoms with E-state index in [1.165, 1.54) is 12.1 Å². The molecule has 0 N–H and O–H groups in total. The predicted octanol–water partition coefficient (Wildman–Crippen LogP) is 3.92. The summed E-state index contributed by atoms with van der Waals surface area (Å²) in [5, 5.41) is 0. The van der Waals surface area contributed by atoms with Gasteiger partial charge in [0.1, 0.15) is 30.0 Å². The van der Waals surface area contributed by atoms with Crippen LogP contribution >= 0.6 is 0 Å². The summed E-state index contributed by atoms with van der Waals surface area (Å²) >= 11 is 0. The topological polar surface area (TPSA) is 64.2 Å². The molecule has 3 heterocycles. The Morgan fingerprint density at radius 3 is 2.86 bits per heavy atom. The van der Waals surface area contributed by atoms with Gasteiger partial charge < -0.3 is 13.9 Å². The van der Waals surface area contributed by atoms with Gasteiger partial charge in [0.15, 0.2) is 0 Å². The summed E-state index contributed by atoms with van der Waals surface area (Å²) in [4.78, 5) is 23.7. The molecule has 3 aromatic rings. The van der Waals surface area contributed by atoms with Crippen LogP contribution in [0, 0.1) is 5.82 Å². The van der Waals surface area contributed by atoms with Gasteiger partial charge in [-0.25, -0.2) is 14.4 Å². The van der Waals surface area contributed by atoms with Gasteiger partial charge in [-0.1, -0.05) is 19.1 Å². The highest BCUT2D eigenvalue weighted by Crippen LogP contribution is 2.31. The number of aromatic nitrogens is 3. The number of likely N-dealkylation sites (tertiary alicyclic amines) is 1. The first kappa shape index (κ1) is 19.4. The summed E-state index contributed by atoms with van der Waals surface area (Å²) in [6.07, 6.45) is 9.48. The number of imidazole rings is 1. The second kappa shape index (κ2) is 8.59. The van der Waals surface area contributed by atoms with E-state index in [9.17, 15) is 9.18 Å². The van der Waals surface area contributed by atoms with Crippen molar-refractivity contribution < 1.29 is 13.6 Å². The lowest BCUT2D eigenvalue weighted by Crippen LogP contribution is -2.40. The fourth-order valence-corrected chi connectivity index (χ4v) is 3.88. The van der Waals surface area contributed by atoms with Crippen molar-refractivity contribution in [3.63, 3.8) is 0 Å². The summed E-state index contributed by atoms with van der Waals surface area (Å²) in [6.45, 7) is 3.01. The molecule has 4 rings (SSSR count). The number of nitrogens with zero attached hydrogens (tertiary/aromatic N) is 4. The molecule has 0 bridgehead atoms. The van der Waals surface area contributed by atoms with Crippen LogP contribution in [0.5, 0.6) is 0 Å². The largest absolute Gasteiger partial charge is 0.443 e. The van der Waals surface area contributed by atoms with Crippen LogP contribution in [0.3, 0.4) is 0 Å². The summed E-state index contributed by atoms with van der Waals surface area (Å²) in [7, 11) is 0. The lowest BCUT2D eigenvalue weighted by Gasteiger charge is -2.34. The van der Waals surface area contributed by atoms with E-state index in [0.29, 0.717) is 24.6 Å². The lowest BCUT2D eigenvalue weighted by atomic mass is 10.0. The maximum Gasteiger partial charge on any atom is 0.243 e. The van der Waals surface area contributed by atoms with E-state index in [2.05, 4.69) is 9.97 Å². The van der Waals surface area contributed by atoms with E-state index in [4.69, 9.17) is 4.42 Å². The molecular formula is C22H25FN4O2. The van der Waals surface area contributed by atoms with Gasteiger partial charge in [-0.3, -0.25) is 4.79 Å². The smallest absolute Gasteiger partial charge is 0.243 e. The minimum atomic E-state index is -0.257. The number of benzene rings is 1. The van der Waals surface area contributed by atoms with Gasteiger partial charge in [-0.05, 0) is 37.0 Å². The molecule has 1 fully saturated rings. The molecule has 1 aromatic carbocycles. The van der Waals surface area contributed by atoms with Crippen molar-refractivity contribution >= 4 is 5.91 Å². The van der Waals surface area contributed by atoms with Gasteiger partial charge in [0, 0.05) is 31.8 Å². The molecule has 1 unspecified atom stereocenters. The normalized spacial score (nSPS) is 16.9. The SMILES string of the molecule is CCc1nccn1CC(=O)N1CCCCC1c1ncc(Cc2ccc(F)cc2)o1. The molecule has 1 amide bonds. The monoisotopic (exact) mass is 396 g/mol. The van der Waals surface area contributed by atoms with Gasteiger partial charge in [-0.2, -0.15) is 0 Å². The maximum atomic E-state index is 13.1. The molecule has 0 radical (unpaired) electrons. The first-order valence-electron chi connectivity index (χ1n) is 10.1. The molecule has 1 saturated heterocycles. The Kier molecular flexibility index (Phi) is 5.74. The van der Waals surface area contributed by atoms with Crippen LogP contribution < -0.4 is 0 Å². The van der Waals surface area contributed by atoms with Crippen LogP contribution in [0.15, 0.2) is 47.3 Å². The fraction of sp³-hybridized carbons (Fsp3) is 0.409. The average Bonchev–Trinajstić information content (AvgIpc) is 3.39. The van der Waals surface area contributed by atoms with Crippen LogP contribution in [0.25, 0.3) is 0 Å². The van der Waals surface area contributed by atoms with E-state index in [1.54, 1.807) is 24.5 Å². The average molecular weight is 396 g/mol. The number of hydrogen-bond acceptors (Lipinski definition) is 4. The number of hydrogen-bond donors (Lipinski definition) is 0. The standard InChI is InChI=1S/C22H25FN4O2/c1-2-20-24-10-12-26(20)15-21(28)27-11-4-3-5-19(27)22-25-14-18(29-22)13-16-6-8-17(23)9-7-16/h6-10,12,14,19H,2-5,11,13,15H2,1H3. The molecule has 1 atom stereocenters. The quantitative estimate of drug-likeness (QED) is 0.634. The molecule has 6 nitrogen and oxygen atoms in total. The number of oxazole rings is 1. The predicted molar refractivity (Wildman–Crippen MR) is 106 cm³/mol. The number of aryl methyl sites for hydroxylation is 1. The zero-order chi connectivity index (χ0) is 20.2. The number of carbonyl (C=O) groups excluding carboxylic acids is 1. The van der Waals surface area contributed by atoms with Crippen molar-refractivity contribution in [1.29, 1.82) is 0 Å². The molecule has 29 heavy (non-hydrogen) atoms. The Hall–Kier alpha value is -2.96. The third-order valence-electron chi connectivity index (χ3n) is 5.39. The van der Waals surface area contributed by atoms with Gasteiger partial charge in [0.2, 0.25) is 11.8 Å². The minimum absolute atomic E-state index is 0.0562. The van der Waals surface area contributed by atoms with Crippen LogP contribution in [0.2, 0.25) is 0 Å². The van der Waals surface area contributed by atoms with E-state index < -0.39 is 0 Å². The Balaban J connectivity index is 1.48. The Morgan fingerprint density at radius 1 is 1.24 bits per heavy atom. The Morgan fingerprint density at radius 2 is 2.07 bits per heavy atom. The maximum absolute atomic E-state index is 13.1. The Labute approximate surface area is 169 Å². The van der Waals surface area contributed by atoms with Crippen molar-refractivity contribution in [3.05, 3.63) is 71.7 Å². The number of halogens is 1. The second-order valence-electron chi connectivity index (χ2n) is 7.39. The summed E-state index contributed by atoms with van der Waals surface area (Å²) in [5.74, 6) is 2.00. The number of carbonyl (C=O) groups is 1. The molecule has 0 aliphatic carbocycles. The van der Waals surface area contributed by atoms with E-state index >= 15 is 0 Å². The Bertz CT molecular complexity index is 963. The van der Waals surface area contributed by atoms with Crippen molar-refractivity contribution in [3.8, 4) is 0 Å². The van der Waals surface area contributed by atoms with E-state index in [1.807, 2.05) is 22.6 Å². The molecule has 0 saturated carbocycles. The summed E-state index contributed by atoms with van der Waals surface area (Å²) in [5.41, 5.74) is 0.956. The van der Waals surface area contributed by atoms with Crippen LogP contribution in [-0.2, 0) is 24.2 Å². The minimum Gasteiger partial charge on any atom is -0.443 e. The molecule has 0 spiro atoms. The first-order valence-corrected chi connectivity index (χ1v) is 10.1. The highest BCUT2D eigenvalue weighted by atomic mass is 19.1. The summed E-state index contributed by atoms with van der Waals surface area (Å²) in [6, 6.07) is 6.21. The van der Waals surface area contributed by atoms with E-state index in [0.717, 1.165) is 37.1 Å². The summed E-state index contributed by atoms with van der Waals surface area (Å²) < 4.78 is 21.0. The van der Waals surface area contributed by atoms with Crippen molar-refractivity contribution in [1.82, 2.24) is 19.4 Å². The van der Waals surface area contributed by atoms with Crippen LogP contribution in [0.4, 0.5) is 4.39 Å². The highest BCUT2D eigenvalue weighted by molar-refractivity contribution is 5.76. The van der Waals surface area contributed by atoms with Crippen LogP contribution in [0.1, 0.15) is 55.3 Å². The zero-order valence-electron chi connectivity index (χ0n) is 16.6. The van der Waals surface area contributed by atoms with Gasteiger partial charge in [-0.15, -0.1) is 0 Å². The van der Waals surface area contributed by atoms with Gasteiger partial charge >= 0.3 is 0 Å². The fourth-order valence-electron chi connectivity index (χ4n) is 3.88. The molecule has 1 aliphatic heterocycles. The molecular weight excluding hydrogens is 371 g/mol. The lowest BCUT2D eigenvalue weighted by molar-refractivity contribution is -0.136. The molecule has 7 heteroatoms. The number of piperidine rings is 1. The number of rotatable bonds is 6. The highest BCUT2D eigenvalue weighted by Gasteiger charge is 2.31. The van der Waals surface area contributed by atoms with Crippen LogP contribution in [-0.4, -0.2) is 31.9 Å². The van der Waals surface area contributed by atoms with Gasteiger partial charge in [0.05, 0.1) is 6.20 Å². The molecule has 2 aromatic heterocycles. The number of amides is 1. The molecule has 152 valence electrons. The third-order valence-corrected chi connectivity index (χ3v) is 5.39. The van der Waals surface area contributed by atoms with Gasteiger partial charge in [0.25, 0.3) is 0 Å². The molecule has 1 aliphatic rings. The first-order chi connectivity index (χ1) is 14.1. The second-order valence-corrected chi connectivity index (χ2v) is 7.39.